The van der Waals surface area contributed by atoms with Gasteiger partial charge in [0.25, 0.3) is 0 Å². The van der Waals surface area contributed by atoms with Gasteiger partial charge >= 0.3 is 0 Å². The molecule has 0 unspecified atom stereocenters. The molecule has 33 heavy (non-hydrogen) atoms. The predicted molar refractivity (Wildman–Crippen MR) is 130 cm³/mol. The number of aromatic nitrogens is 5. The summed E-state index contributed by atoms with van der Waals surface area (Å²) in [6.45, 7) is 12.9. The van der Waals surface area contributed by atoms with E-state index in [0.29, 0.717) is 17.9 Å². The zero-order valence-electron chi connectivity index (χ0n) is 19.9. The molecule has 0 bridgehead atoms. The quantitative estimate of drug-likeness (QED) is 0.498. The van der Waals surface area contributed by atoms with Crippen LogP contribution in [0.25, 0.3) is 27.9 Å². The highest BCUT2D eigenvalue weighted by Crippen LogP contribution is 2.38. The van der Waals surface area contributed by atoms with E-state index < -0.39 is 0 Å². The van der Waals surface area contributed by atoms with Crippen molar-refractivity contribution in [2.24, 2.45) is 0 Å². The maximum absolute atomic E-state index is 5.40. The Labute approximate surface area is 194 Å². The largest absolute Gasteiger partial charge is 0.378 e. The van der Waals surface area contributed by atoms with Crippen molar-refractivity contribution in [3.63, 3.8) is 0 Å². The van der Waals surface area contributed by atoms with E-state index in [1.165, 1.54) is 29.7 Å². The Morgan fingerprint density at radius 3 is 2.58 bits per heavy atom. The average Bonchev–Trinajstić information content (AvgIpc) is 3.37. The number of pyridine rings is 2. The van der Waals surface area contributed by atoms with Gasteiger partial charge in [-0.05, 0) is 69.0 Å². The Morgan fingerprint density at radius 2 is 1.88 bits per heavy atom. The number of nitrogens with one attached hydrogen (secondary N) is 1. The molecule has 6 heterocycles. The maximum atomic E-state index is 5.40. The van der Waals surface area contributed by atoms with Crippen LogP contribution in [-0.2, 0) is 4.74 Å². The number of hydrogen-bond donors (Lipinski definition) is 1. The Bertz CT molecular complexity index is 1320. The molecular formula is C26H32N6O. The molecule has 1 N–H and O–H groups in total. The predicted octanol–water partition coefficient (Wildman–Crippen LogP) is 4.59. The van der Waals surface area contributed by atoms with E-state index >= 15 is 0 Å². The van der Waals surface area contributed by atoms with E-state index in [1.54, 1.807) is 6.33 Å². The van der Waals surface area contributed by atoms with Crippen LogP contribution < -0.4 is 0 Å². The fraction of sp³-hybridized carbons (Fsp3) is 0.500. The molecule has 0 saturated carbocycles. The van der Waals surface area contributed by atoms with Crippen molar-refractivity contribution in [3.05, 3.63) is 47.0 Å². The van der Waals surface area contributed by atoms with E-state index in [2.05, 4.69) is 66.0 Å². The number of rotatable bonds is 4. The maximum Gasteiger partial charge on any atom is 0.158 e. The van der Waals surface area contributed by atoms with Crippen LogP contribution in [0.5, 0.6) is 0 Å². The lowest BCUT2D eigenvalue weighted by Gasteiger charge is -2.41. The lowest BCUT2D eigenvalue weighted by Crippen LogP contribution is -2.51. The molecule has 2 aliphatic rings. The van der Waals surface area contributed by atoms with Gasteiger partial charge in [0.05, 0.1) is 36.0 Å². The first-order valence-corrected chi connectivity index (χ1v) is 12.1. The van der Waals surface area contributed by atoms with Crippen molar-refractivity contribution in [2.75, 3.05) is 26.3 Å². The third-order valence-corrected chi connectivity index (χ3v) is 7.51. The third-order valence-electron chi connectivity index (χ3n) is 7.51. The molecule has 0 radical (unpaired) electrons. The van der Waals surface area contributed by atoms with Crippen molar-refractivity contribution in [1.29, 1.82) is 0 Å². The van der Waals surface area contributed by atoms with Gasteiger partial charge in [-0.3, -0.25) is 9.88 Å². The van der Waals surface area contributed by atoms with Gasteiger partial charge in [-0.1, -0.05) is 13.8 Å². The van der Waals surface area contributed by atoms with Gasteiger partial charge in [-0.2, -0.15) is 5.10 Å². The Balaban J connectivity index is 1.40. The highest BCUT2D eigenvalue weighted by molar-refractivity contribution is 5.89. The number of nitrogens with zero attached hydrogens (tertiary/aromatic N) is 5. The second-order valence-corrected chi connectivity index (χ2v) is 10.1. The molecule has 0 atom stereocenters. The molecule has 4 aromatic rings. The SMILES string of the molecule is Cc1cc2[nH]c(-c3cc(C)c4ncnn4c3)c(C(C)C)c2nc1C1CCN(C2COC2)CC1. The monoisotopic (exact) mass is 444 g/mol. The zero-order chi connectivity index (χ0) is 22.7. The highest BCUT2D eigenvalue weighted by atomic mass is 16.5. The van der Waals surface area contributed by atoms with Crippen LogP contribution in [-0.4, -0.2) is 61.8 Å². The molecular weight excluding hydrogens is 412 g/mol. The minimum Gasteiger partial charge on any atom is -0.378 e. The van der Waals surface area contributed by atoms with Crippen LogP contribution in [0.4, 0.5) is 0 Å². The van der Waals surface area contributed by atoms with Crippen LogP contribution in [0.15, 0.2) is 24.7 Å². The van der Waals surface area contributed by atoms with Gasteiger partial charge in [-0.25, -0.2) is 9.50 Å². The first-order valence-electron chi connectivity index (χ1n) is 12.1. The minimum absolute atomic E-state index is 0.351. The van der Waals surface area contributed by atoms with Crippen LogP contribution in [0.1, 0.15) is 60.9 Å². The molecule has 0 spiro atoms. The number of aromatic amines is 1. The number of likely N-dealkylation sites (tertiary alicyclic amines) is 1. The third kappa shape index (κ3) is 3.45. The molecule has 7 heteroatoms. The molecule has 4 aromatic heterocycles. The zero-order valence-corrected chi connectivity index (χ0v) is 19.9. The summed E-state index contributed by atoms with van der Waals surface area (Å²) in [6, 6.07) is 5.14. The Morgan fingerprint density at radius 1 is 1.09 bits per heavy atom. The summed E-state index contributed by atoms with van der Waals surface area (Å²) < 4.78 is 7.27. The highest BCUT2D eigenvalue weighted by Gasteiger charge is 2.31. The van der Waals surface area contributed by atoms with Crippen molar-refractivity contribution in [1.82, 2.24) is 29.5 Å². The normalized spacial score (nSPS) is 18.6. The van der Waals surface area contributed by atoms with Gasteiger partial charge < -0.3 is 9.72 Å². The minimum atomic E-state index is 0.351. The number of H-pyrrole nitrogens is 1. The lowest BCUT2D eigenvalue weighted by atomic mass is 9.89. The fourth-order valence-electron chi connectivity index (χ4n) is 5.65. The first kappa shape index (κ1) is 20.8. The summed E-state index contributed by atoms with van der Waals surface area (Å²) in [6.07, 6.45) is 6.03. The summed E-state index contributed by atoms with van der Waals surface area (Å²) in [5.41, 5.74) is 10.4. The number of ether oxygens (including phenoxy) is 1. The molecule has 7 nitrogen and oxygen atoms in total. The van der Waals surface area contributed by atoms with Crippen molar-refractivity contribution >= 4 is 16.7 Å². The van der Waals surface area contributed by atoms with Gasteiger partial charge in [-0.15, -0.1) is 0 Å². The first-order chi connectivity index (χ1) is 16.0. The molecule has 6 rings (SSSR count). The van der Waals surface area contributed by atoms with Crippen LogP contribution in [0.2, 0.25) is 0 Å². The summed E-state index contributed by atoms with van der Waals surface area (Å²) >= 11 is 0. The topological polar surface area (TPSA) is 71.3 Å². The van der Waals surface area contributed by atoms with E-state index in [4.69, 9.17) is 9.72 Å². The molecule has 0 aliphatic carbocycles. The van der Waals surface area contributed by atoms with Crippen LogP contribution in [0, 0.1) is 13.8 Å². The molecule has 2 aliphatic heterocycles. The number of fused-ring (bicyclic) bond motifs is 2. The molecule has 172 valence electrons. The second-order valence-electron chi connectivity index (χ2n) is 10.1. The van der Waals surface area contributed by atoms with E-state index in [9.17, 15) is 0 Å². The summed E-state index contributed by atoms with van der Waals surface area (Å²) in [5, 5.41) is 4.38. The Kier molecular flexibility index (Phi) is 4.99. The van der Waals surface area contributed by atoms with Gasteiger partial charge in [0.1, 0.15) is 6.33 Å². The lowest BCUT2D eigenvalue weighted by molar-refractivity contribution is -0.0713. The number of hydrogen-bond acceptors (Lipinski definition) is 5. The summed E-state index contributed by atoms with van der Waals surface area (Å²) in [5.74, 6) is 0.878. The summed E-state index contributed by atoms with van der Waals surface area (Å²) in [4.78, 5) is 16.0. The molecule has 2 fully saturated rings. The van der Waals surface area contributed by atoms with Gasteiger partial charge in [0.15, 0.2) is 5.65 Å². The number of piperidine rings is 1. The Hall–Kier alpha value is -2.77. The molecule has 0 aromatic carbocycles. The van der Waals surface area contributed by atoms with E-state index in [1.807, 2.05) is 4.52 Å². The van der Waals surface area contributed by atoms with Crippen molar-refractivity contribution in [2.45, 2.75) is 58.4 Å². The summed E-state index contributed by atoms with van der Waals surface area (Å²) in [7, 11) is 0. The number of aryl methyl sites for hydroxylation is 2. The second kappa shape index (κ2) is 7.92. The van der Waals surface area contributed by atoms with E-state index in [-0.39, 0.29) is 0 Å². The van der Waals surface area contributed by atoms with Gasteiger partial charge in [0.2, 0.25) is 0 Å². The van der Waals surface area contributed by atoms with Crippen LogP contribution >= 0.6 is 0 Å². The fourth-order valence-corrected chi connectivity index (χ4v) is 5.65. The van der Waals surface area contributed by atoms with Crippen LogP contribution in [0.3, 0.4) is 0 Å². The van der Waals surface area contributed by atoms with Gasteiger partial charge in [0, 0.05) is 28.9 Å². The van der Waals surface area contributed by atoms with E-state index in [0.717, 1.165) is 59.8 Å². The molecule has 0 amide bonds. The van der Waals surface area contributed by atoms with Crippen molar-refractivity contribution < 1.29 is 4.74 Å². The smallest absolute Gasteiger partial charge is 0.158 e. The van der Waals surface area contributed by atoms with Crippen molar-refractivity contribution in [3.8, 4) is 11.3 Å². The standard InChI is InChI=1S/C26H32N6O/c1-15(2)22-24(19-9-17(4)26-27-14-28-32(26)11-19)29-21-10-16(3)23(30-25(21)22)18-5-7-31(8-6-18)20-12-33-13-20/h9-11,14-15,18,20,29H,5-8,12-13H2,1-4H3. The molecule has 2 saturated heterocycles. The average molecular weight is 445 g/mol.